The highest BCUT2D eigenvalue weighted by Crippen LogP contribution is 2.37. The van der Waals surface area contributed by atoms with Crippen molar-refractivity contribution in [2.45, 2.75) is 6.42 Å². The first kappa shape index (κ1) is 17.6. The van der Waals surface area contributed by atoms with Crippen molar-refractivity contribution in [3.05, 3.63) is 70.3 Å². The van der Waals surface area contributed by atoms with Crippen LogP contribution in [0.3, 0.4) is 0 Å². The van der Waals surface area contributed by atoms with E-state index in [-0.39, 0.29) is 5.82 Å². The number of aromatic nitrogens is 1. The fraction of sp³-hybridized carbons (Fsp3) is 0.100. The van der Waals surface area contributed by atoms with Gasteiger partial charge in [-0.05, 0) is 42.0 Å². The van der Waals surface area contributed by atoms with Crippen LogP contribution in [-0.4, -0.2) is 18.0 Å². The van der Waals surface area contributed by atoms with Crippen LogP contribution in [0.4, 0.5) is 20.3 Å². The Balaban J connectivity index is 1.71. The summed E-state index contributed by atoms with van der Waals surface area (Å²) in [6, 6.07) is 10.6. The molecule has 0 saturated carbocycles. The van der Waals surface area contributed by atoms with Gasteiger partial charge in [0.05, 0.1) is 6.61 Å². The van der Waals surface area contributed by atoms with E-state index < -0.39 is 17.3 Å². The number of hydrogen-bond acceptors (Lipinski definition) is 3. The SMILES string of the molecule is O=CN(c1ccc(-c2cc3c(cc2Br)CCO3)cn1)c1c(F)cccc1F. The quantitative estimate of drug-likeness (QED) is 0.545. The van der Waals surface area contributed by atoms with E-state index in [0.29, 0.717) is 13.0 Å². The normalized spacial score (nSPS) is 12.4. The van der Waals surface area contributed by atoms with E-state index >= 15 is 0 Å². The number of anilines is 2. The van der Waals surface area contributed by atoms with Crippen LogP contribution in [0.25, 0.3) is 11.1 Å². The minimum Gasteiger partial charge on any atom is -0.493 e. The van der Waals surface area contributed by atoms with Crippen molar-refractivity contribution in [3.8, 4) is 16.9 Å². The summed E-state index contributed by atoms with van der Waals surface area (Å²) in [5.74, 6) is -0.732. The molecule has 3 aromatic rings. The Morgan fingerprint density at radius 1 is 1.15 bits per heavy atom. The van der Waals surface area contributed by atoms with Gasteiger partial charge in [0.15, 0.2) is 0 Å². The third-order valence-corrected chi connectivity index (χ3v) is 5.02. The standard InChI is InChI=1S/C20H13BrF2N2O2/c21-15-8-12-6-7-27-18(12)9-14(15)13-4-5-19(24-10-13)25(11-26)20-16(22)2-1-3-17(20)23/h1-5,8-11H,6-7H2. The molecule has 4 nitrogen and oxygen atoms in total. The molecular weight excluding hydrogens is 418 g/mol. The molecule has 4 rings (SSSR count). The molecule has 136 valence electrons. The van der Waals surface area contributed by atoms with Crippen molar-refractivity contribution in [1.29, 1.82) is 0 Å². The van der Waals surface area contributed by atoms with Crippen molar-refractivity contribution < 1.29 is 18.3 Å². The Labute approximate surface area is 162 Å². The summed E-state index contributed by atoms with van der Waals surface area (Å²) in [6.07, 6.45) is 2.75. The molecule has 0 N–H and O–H groups in total. The third-order valence-electron chi connectivity index (χ3n) is 4.37. The van der Waals surface area contributed by atoms with Gasteiger partial charge in [0, 0.05) is 28.2 Å². The van der Waals surface area contributed by atoms with Crippen molar-refractivity contribution in [1.82, 2.24) is 4.98 Å². The topological polar surface area (TPSA) is 42.4 Å². The second kappa shape index (κ2) is 7.08. The van der Waals surface area contributed by atoms with E-state index in [4.69, 9.17) is 4.74 Å². The van der Waals surface area contributed by atoms with Gasteiger partial charge < -0.3 is 4.74 Å². The zero-order valence-corrected chi connectivity index (χ0v) is 15.5. The molecule has 0 spiro atoms. The lowest BCUT2D eigenvalue weighted by Crippen LogP contribution is -2.18. The zero-order valence-electron chi connectivity index (χ0n) is 14.0. The van der Waals surface area contributed by atoms with Gasteiger partial charge in [-0.25, -0.2) is 13.8 Å². The minimum atomic E-state index is -0.841. The zero-order chi connectivity index (χ0) is 19.0. The van der Waals surface area contributed by atoms with Crippen molar-refractivity contribution in [2.75, 3.05) is 11.5 Å². The number of nitrogens with zero attached hydrogens (tertiary/aromatic N) is 2. The van der Waals surface area contributed by atoms with Crippen LogP contribution in [0, 0.1) is 11.6 Å². The summed E-state index contributed by atoms with van der Waals surface area (Å²) < 4.78 is 34.5. The first-order valence-electron chi connectivity index (χ1n) is 8.18. The molecule has 0 bridgehead atoms. The largest absolute Gasteiger partial charge is 0.493 e. The number of halogens is 3. The van der Waals surface area contributed by atoms with E-state index in [1.807, 2.05) is 12.1 Å². The van der Waals surface area contributed by atoms with Gasteiger partial charge in [-0.2, -0.15) is 0 Å². The van der Waals surface area contributed by atoms with Crippen LogP contribution < -0.4 is 9.64 Å². The summed E-state index contributed by atoms with van der Waals surface area (Å²) >= 11 is 3.55. The van der Waals surface area contributed by atoms with Gasteiger partial charge in [-0.3, -0.25) is 9.69 Å². The maximum absolute atomic E-state index is 14.0. The summed E-state index contributed by atoms with van der Waals surface area (Å²) in [5.41, 5.74) is 2.34. The Kier molecular flexibility index (Phi) is 4.61. The number of fused-ring (bicyclic) bond motifs is 1. The second-order valence-electron chi connectivity index (χ2n) is 5.99. The van der Waals surface area contributed by atoms with Gasteiger partial charge in [0.25, 0.3) is 0 Å². The molecule has 0 atom stereocenters. The predicted octanol–water partition coefficient (Wildman–Crippen LogP) is 5.02. The lowest BCUT2D eigenvalue weighted by atomic mass is 10.0. The Hall–Kier alpha value is -2.80. The average molecular weight is 431 g/mol. The Bertz CT molecular complexity index is 1000. The molecular formula is C20H13BrF2N2O2. The fourth-order valence-electron chi connectivity index (χ4n) is 3.04. The number of carbonyl (C=O) groups excluding carboxylic acids is 1. The molecule has 0 fully saturated rings. The maximum Gasteiger partial charge on any atom is 0.220 e. The fourth-order valence-corrected chi connectivity index (χ4v) is 3.66. The van der Waals surface area contributed by atoms with Crippen LogP contribution in [0.1, 0.15) is 5.56 Å². The van der Waals surface area contributed by atoms with E-state index in [1.165, 1.54) is 12.1 Å². The molecule has 1 aromatic heterocycles. The van der Waals surface area contributed by atoms with Gasteiger partial charge in [0.1, 0.15) is 28.9 Å². The minimum absolute atomic E-state index is 0.117. The molecule has 0 aliphatic carbocycles. The summed E-state index contributed by atoms with van der Waals surface area (Å²) in [6.45, 7) is 0.658. The maximum atomic E-state index is 14.0. The van der Waals surface area contributed by atoms with Gasteiger partial charge >= 0.3 is 0 Å². The van der Waals surface area contributed by atoms with Crippen molar-refractivity contribution in [2.24, 2.45) is 0 Å². The van der Waals surface area contributed by atoms with Crippen LogP contribution in [0.5, 0.6) is 5.75 Å². The number of benzene rings is 2. The van der Waals surface area contributed by atoms with Crippen LogP contribution >= 0.6 is 15.9 Å². The summed E-state index contributed by atoms with van der Waals surface area (Å²) in [5, 5.41) is 0. The lowest BCUT2D eigenvalue weighted by molar-refractivity contribution is -0.106. The average Bonchev–Trinajstić information content (AvgIpc) is 3.12. The van der Waals surface area contributed by atoms with E-state index in [2.05, 4.69) is 20.9 Å². The summed E-state index contributed by atoms with van der Waals surface area (Å²) in [7, 11) is 0. The first-order chi connectivity index (χ1) is 13.1. The molecule has 1 aliphatic rings. The van der Waals surface area contributed by atoms with Crippen LogP contribution in [0.2, 0.25) is 0 Å². The molecule has 27 heavy (non-hydrogen) atoms. The smallest absolute Gasteiger partial charge is 0.220 e. The molecule has 1 aliphatic heterocycles. The van der Waals surface area contributed by atoms with Crippen molar-refractivity contribution >= 4 is 33.8 Å². The van der Waals surface area contributed by atoms with E-state index in [1.54, 1.807) is 12.3 Å². The van der Waals surface area contributed by atoms with Crippen LogP contribution in [0.15, 0.2) is 53.1 Å². The predicted molar refractivity (Wildman–Crippen MR) is 101 cm³/mol. The second-order valence-corrected chi connectivity index (χ2v) is 6.84. The number of carbonyl (C=O) groups is 1. The van der Waals surface area contributed by atoms with E-state index in [0.717, 1.165) is 50.4 Å². The highest BCUT2D eigenvalue weighted by atomic mass is 79.9. The highest BCUT2D eigenvalue weighted by Gasteiger charge is 2.20. The number of pyridine rings is 1. The Morgan fingerprint density at radius 2 is 1.93 bits per heavy atom. The Morgan fingerprint density at radius 3 is 2.59 bits per heavy atom. The molecule has 2 heterocycles. The molecule has 7 heteroatoms. The van der Waals surface area contributed by atoms with Gasteiger partial charge in [-0.15, -0.1) is 0 Å². The molecule has 1 amide bonds. The number of amides is 1. The van der Waals surface area contributed by atoms with Gasteiger partial charge in [-0.1, -0.05) is 22.0 Å². The number of para-hydroxylation sites is 1. The third kappa shape index (κ3) is 3.19. The highest BCUT2D eigenvalue weighted by molar-refractivity contribution is 9.10. The molecule has 0 unspecified atom stereocenters. The van der Waals surface area contributed by atoms with Crippen molar-refractivity contribution in [3.63, 3.8) is 0 Å². The summed E-state index contributed by atoms with van der Waals surface area (Å²) in [4.78, 5) is 16.5. The molecule has 0 radical (unpaired) electrons. The van der Waals surface area contributed by atoms with E-state index in [9.17, 15) is 13.6 Å². The number of rotatable bonds is 4. The lowest BCUT2D eigenvalue weighted by Gasteiger charge is -2.18. The first-order valence-corrected chi connectivity index (χ1v) is 8.98. The van der Waals surface area contributed by atoms with Gasteiger partial charge in [0.2, 0.25) is 6.41 Å². The molecule has 0 saturated heterocycles. The number of ether oxygens (including phenoxy) is 1. The number of hydrogen-bond donors (Lipinski definition) is 0. The monoisotopic (exact) mass is 430 g/mol. The van der Waals surface area contributed by atoms with Crippen LogP contribution in [-0.2, 0) is 11.2 Å². The molecule has 2 aromatic carbocycles.